The molecule has 0 radical (unpaired) electrons. The molecule has 1 heterocycles. The van der Waals surface area contributed by atoms with Gasteiger partial charge in [-0.1, -0.05) is 44.5 Å². The van der Waals surface area contributed by atoms with Crippen molar-refractivity contribution in [3.8, 4) is 0 Å². The molecule has 4 nitrogen and oxygen atoms in total. The Balaban J connectivity index is 2.03. The lowest BCUT2D eigenvalue weighted by Gasteiger charge is -2.15. The third kappa shape index (κ3) is 3.17. The van der Waals surface area contributed by atoms with Crippen LogP contribution < -0.4 is 4.72 Å². The van der Waals surface area contributed by atoms with Crippen molar-refractivity contribution in [2.45, 2.75) is 38.0 Å². The highest BCUT2D eigenvalue weighted by molar-refractivity contribution is 7.92. The van der Waals surface area contributed by atoms with E-state index in [-0.39, 0.29) is 10.3 Å². The molecular formula is C19H22N2O2S. The average Bonchev–Trinajstić information content (AvgIpc) is 2.93. The van der Waals surface area contributed by atoms with Crippen molar-refractivity contribution in [2.75, 3.05) is 4.72 Å². The summed E-state index contributed by atoms with van der Waals surface area (Å²) in [5, 5.41) is 0.873. The second kappa shape index (κ2) is 5.67. The van der Waals surface area contributed by atoms with E-state index in [0.717, 1.165) is 22.2 Å². The number of aromatic amines is 1. The van der Waals surface area contributed by atoms with Crippen LogP contribution in [0.2, 0.25) is 0 Å². The Morgan fingerprint density at radius 1 is 1.00 bits per heavy atom. The molecule has 3 rings (SSSR count). The molecule has 0 amide bonds. The predicted molar refractivity (Wildman–Crippen MR) is 99.0 cm³/mol. The van der Waals surface area contributed by atoms with E-state index in [4.69, 9.17) is 0 Å². The number of fused-ring (bicyclic) bond motifs is 1. The highest BCUT2D eigenvalue weighted by atomic mass is 32.2. The topological polar surface area (TPSA) is 62.0 Å². The Bertz CT molecular complexity index is 978. The molecule has 0 spiro atoms. The van der Waals surface area contributed by atoms with Gasteiger partial charge in [-0.15, -0.1) is 0 Å². The molecule has 3 aromatic rings. The average molecular weight is 342 g/mol. The Hall–Kier alpha value is -2.27. The minimum absolute atomic E-state index is 0.0356. The maximum absolute atomic E-state index is 12.6. The molecule has 0 saturated heterocycles. The van der Waals surface area contributed by atoms with Crippen molar-refractivity contribution >= 4 is 26.6 Å². The number of benzene rings is 2. The van der Waals surface area contributed by atoms with E-state index >= 15 is 0 Å². The van der Waals surface area contributed by atoms with E-state index in [1.807, 2.05) is 25.1 Å². The van der Waals surface area contributed by atoms with Crippen molar-refractivity contribution in [3.63, 3.8) is 0 Å². The zero-order chi connectivity index (χ0) is 17.5. The molecule has 0 aliphatic carbocycles. The highest BCUT2D eigenvalue weighted by Gasteiger charge is 2.19. The van der Waals surface area contributed by atoms with E-state index in [2.05, 4.69) is 30.5 Å². The monoisotopic (exact) mass is 342 g/mol. The van der Waals surface area contributed by atoms with Crippen molar-refractivity contribution in [2.24, 2.45) is 0 Å². The summed E-state index contributed by atoms with van der Waals surface area (Å²) >= 11 is 0. The zero-order valence-corrected chi connectivity index (χ0v) is 15.2. The van der Waals surface area contributed by atoms with Gasteiger partial charge in [-0.05, 0) is 37.3 Å². The summed E-state index contributed by atoms with van der Waals surface area (Å²) in [6.07, 6.45) is 0. The molecular weight excluding hydrogens is 320 g/mol. The van der Waals surface area contributed by atoms with Gasteiger partial charge in [-0.3, -0.25) is 4.72 Å². The minimum atomic E-state index is -3.61. The largest absolute Gasteiger partial charge is 0.358 e. The molecule has 1 aromatic heterocycles. The van der Waals surface area contributed by atoms with Crippen LogP contribution in [-0.2, 0) is 15.4 Å². The zero-order valence-electron chi connectivity index (χ0n) is 14.3. The number of hydrogen-bond acceptors (Lipinski definition) is 2. The predicted octanol–water partition coefficient (Wildman–Crippen LogP) is 4.57. The number of aryl methyl sites for hydroxylation is 1. The summed E-state index contributed by atoms with van der Waals surface area (Å²) in [6.45, 7) is 8.29. The number of rotatable bonds is 3. The van der Waals surface area contributed by atoms with Crippen LogP contribution in [0.3, 0.4) is 0 Å². The van der Waals surface area contributed by atoms with E-state index in [1.54, 1.807) is 30.3 Å². The first-order valence-electron chi connectivity index (χ1n) is 7.88. The van der Waals surface area contributed by atoms with Gasteiger partial charge in [0.15, 0.2) is 0 Å². The third-order valence-corrected chi connectivity index (χ3v) is 5.43. The number of anilines is 1. The molecule has 0 fully saturated rings. The molecule has 2 N–H and O–H groups in total. The van der Waals surface area contributed by atoms with Gasteiger partial charge in [-0.2, -0.15) is 0 Å². The lowest BCUT2D eigenvalue weighted by Crippen LogP contribution is -2.13. The fourth-order valence-corrected chi connectivity index (χ4v) is 3.65. The van der Waals surface area contributed by atoms with Crippen molar-refractivity contribution in [1.82, 2.24) is 4.98 Å². The van der Waals surface area contributed by atoms with Gasteiger partial charge in [0, 0.05) is 22.0 Å². The quantitative estimate of drug-likeness (QED) is 0.732. The molecule has 0 aliphatic heterocycles. The highest BCUT2D eigenvalue weighted by Crippen LogP contribution is 2.31. The van der Waals surface area contributed by atoms with Gasteiger partial charge < -0.3 is 4.98 Å². The summed E-state index contributed by atoms with van der Waals surface area (Å²) in [5.41, 5.74) is 3.56. The molecule has 5 heteroatoms. The summed E-state index contributed by atoms with van der Waals surface area (Å²) in [7, 11) is -3.61. The van der Waals surface area contributed by atoms with Crippen LogP contribution in [0.15, 0.2) is 53.4 Å². The summed E-state index contributed by atoms with van der Waals surface area (Å²) in [5.74, 6) is 0. The van der Waals surface area contributed by atoms with E-state index in [1.165, 1.54) is 0 Å². The Kier molecular flexibility index (Phi) is 3.92. The molecule has 24 heavy (non-hydrogen) atoms. The van der Waals surface area contributed by atoms with Crippen LogP contribution in [0.4, 0.5) is 5.69 Å². The van der Waals surface area contributed by atoms with Crippen LogP contribution >= 0.6 is 0 Å². The standard InChI is InChI=1S/C19H22N2O2S/c1-13-8-10-14(11-9-13)24(22,23)21-17-7-5-6-16-15(17)12-18(20-16)19(2,3)4/h5-12,20-21H,1-4H3. The second-order valence-corrected chi connectivity index (χ2v) is 8.80. The van der Waals surface area contributed by atoms with Crippen LogP contribution in [-0.4, -0.2) is 13.4 Å². The van der Waals surface area contributed by atoms with Gasteiger partial charge in [0.05, 0.1) is 10.6 Å². The first kappa shape index (κ1) is 16.6. The van der Waals surface area contributed by atoms with Gasteiger partial charge in [0.2, 0.25) is 0 Å². The van der Waals surface area contributed by atoms with E-state index < -0.39 is 10.0 Å². The molecule has 2 aromatic carbocycles. The number of aromatic nitrogens is 1. The fraction of sp³-hybridized carbons (Fsp3) is 0.263. The number of H-pyrrole nitrogens is 1. The molecule has 0 bridgehead atoms. The lowest BCUT2D eigenvalue weighted by molar-refractivity contribution is 0.574. The maximum atomic E-state index is 12.6. The van der Waals surface area contributed by atoms with Crippen LogP contribution in [0.25, 0.3) is 10.9 Å². The summed E-state index contributed by atoms with van der Waals surface area (Å²) in [6, 6.07) is 14.4. The van der Waals surface area contributed by atoms with Crippen LogP contribution in [0.5, 0.6) is 0 Å². The minimum Gasteiger partial charge on any atom is -0.358 e. The van der Waals surface area contributed by atoms with Crippen molar-refractivity contribution in [1.29, 1.82) is 0 Å². The van der Waals surface area contributed by atoms with Crippen LogP contribution in [0.1, 0.15) is 32.0 Å². The van der Waals surface area contributed by atoms with Crippen molar-refractivity contribution in [3.05, 3.63) is 59.8 Å². The molecule has 0 aliphatic rings. The lowest BCUT2D eigenvalue weighted by atomic mass is 9.92. The van der Waals surface area contributed by atoms with Gasteiger partial charge >= 0.3 is 0 Å². The Labute approximate surface area is 143 Å². The van der Waals surface area contributed by atoms with Crippen LogP contribution in [0, 0.1) is 6.92 Å². The van der Waals surface area contributed by atoms with Gasteiger partial charge in [0.1, 0.15) is 0 Å². The Morgan fingerprint density at radius 2 is 1.67 bits per heavy atom. The van der Waals surface area contributed by atoms with Crippen molar-refractivity contribution < 1.29 is 8.42 Å². The number of nitrogens with one attached hydrogen (secondary N) is 2. The Morgan fingerprint density at radius 3 is 2.29 bits per heavy atom. The maximum Gasteiger partial charge on any atom is 0.261 e. The number of sulfonamides is 1. The molecule has 0 saturated carbocycles. The summed E-state index contributed by atoms with van der Waals surface area (Å²) < 4.78 is 28.0. The second-order valence-electron chi connectivity index (χ2n) is 7.12. The third-order valence-electron chi connectivity index (χ3n) is 4.05. The van der Waals surface area contributed by atoms with E-state index in [9.17, 15) is 8.42 Å². The molecule has 0 unspecified atom stereocenters. The molecule has 0 atom stereocenters. The SMILES string of the molecule is Cc1ccc(S(=O)(=O)Nc2cccc3[nH]c(C(C)(C)C)cc23)cc1. The smallest absolute Gasteiger partial charge is 0.261 e. The fourth-order valence-electron chi connectivity index (χ4n) is 2.57. The summed E-state index contributed by atoms with van der Waals surface area (Å²) in [4.78, 5) is 3.63. The van der Waals surface area contributed by atoms with E-state index in [0.29, 0.717) is 5.69 Å². The number of hydrogen-bond donors (Lipinski definition) is 2. The normalized spacial score (nSPS) is 12.5. The first-order chi connectivity index (χ1) is 11.2. The first-order valence-corrected chi connectivity index (χ1v) is 9.37. The molecule has 126 valence electrons. The van der Waals surface area contributed by atoms with Gasteiger partial charge in [-0.25, -0.2) is 8.42 Å². The van der Waals surface area contributed by atoms with Gasteiger partial charge in [0.25, 0.3) is 10.0 Å².